The molecule has 8 heteroatoms. The Morgan fingerprint density at radius 3 is 2.19 bits per heavy atom. The molecule has 0 amide bonds. The van der Waals surface area contributed by atoms with Crippen molar-refractivity contribution in [3.8, 4) is 23.0 Å². The minimum Gasteiger partial charge on any atom is -0.483 e. The third kappa shape index (κ3) is 4.21. The van der Waals surface area contributed by atoms with Gasteiger partial charge in [-0.2, -0.15) is 8.78 Å². The van der Waals surface area contributed by atoms with Crippen LogP contribution in [0.5, 0.6) is 11.5 Å². The fourth-order valence-electron chi connectivity index (χ4n) is 2.27. The molecule has 0 saturated heterocycles. The highest BCUT2D eigenvalue weighted by atomic mass is 19.3. The second-order valence-electron chi connectivity index (χ2n) is 5.30. The van der Waals surface area contributed by atoms with E-state index in [1.807, 2.05) is 0 Å². The molecule has 0 bridgehead atoms. The lowest BCUT2D eigenvalue weighted by atomic mass is 10.1. The largest absolute Gasteiger partial charge is 0.483 e. The van der Waals surface area contributed by atoms with Crippen molar-refractivity contribution in [2.75, 3.05) is 0 Å². The Hall–Kier alpha value is -3.29. The zero-order chi connectivity index (χ0) is 18.5. The zero-order valence-electron chi connectivity index (χ0n) is 13.6. The van der Waals surface area contributed by atoms with Crippen LogP contribution in [0.25, 0.3) is 11.5 Å². The van der Waals surface area contributed by atoms with Crippen LogP contribution in [0.15, 0.2) is 59.3 Å². The van der Waals surface area contributed by atoms with E-state index < -0.39 is 12.7 Å². The molecule has 0 fully saturated rings. The maximum atomic E-state index is 12.4. The molecule has 0 saturated carbocycles. The Balaban J connectivity index is 1.63. The summed E-state index contributed by atoms with van der Waals surface area (Å²) in [6.45, 7) is -1.30. The number of Topliss-reactive ketones (excluding diaryl/α,β-unsaturated/α-hetero) is 1. The second-order valence-corrected chi connectivity index (χ2v) is 5.30. The van der Waals surface area contributed by atoms with Crippen LogP contribution in [0.4, 0.5) is 8.78 Å². The fourth-order valence-corrected chi connectivity index (χ4v) is 2.27. The van der Waals surface area contributed by atoms with Crippen LogP contribution in [0.3, 0.4) is 0 Å². The highest BCUT2D eigenvalue weighted by molar-refractivity contribution is 5.99. The number of aromatic nitrogens is 2. The monoisotopic (exact) mass is 360 g/mol. The second kappa shape index (κ2) is 7.73. The summed E-state index contributed by atoms with van der Waals surface area (Å²) in [7, 11) is 0. The molecule has 0 aliphatic heterocycles. The molecule has 0 aliphatic rings. The Bertz CT molecular complexity index is 850. The van der Waals surface area contributed by atoms with Gasteiger partial charge in [-0.25, -0.2) is 0 Å². The van der Waals surface area contributed by atoms with Gasteiger partial charge in [0.1, 0.15) is 11.5 Å². The van der Waals surface area contributed by atoms with Gasteiger partial charge in [-0.15, -0.1) is 10.2 Å². The van der Waals surface area contributed by atoms with Crippen LogP contribution in [0.1, 0.15) is 17.3 Å². The van der Waals surface area contributed by atoms with Gasteiger partial charge in [0, 0.05) is 11.1 Å². The summed E-state index contributed by atoms with van der Waals surface area (Å²) in [5, 5.41) is 7.41. The third-order valence-corrected chi connectivity index (χ3v) is 3.51. The molecule has 0 N–H and O–H groups in total. The quantitative estimate of drug-likeness (QED) is 0.593. The standard InChI is InChI=1S/C18H14F2N2O4/c1-11(16(23)12-2-6-15(7-3-12)26-18(19)20)25-14-8-4-13(5-9-14)17-22-21-10-24-17/h2-11,18H,1H3/t11-/m1/s1. The van der Waals surface area contributed by atoms with E-state index in [0.717, 1.165) is 5.56 Å². The average molecular weight is 360 g/mol. The Morgan fingerprint density at radius 2 is 1.62 bits per heavy atom. The molecule has 0 unspecified atom stereocenters. The van der Waals surface area contributed by atoms with E-state index in [2.05, 4.69) is 14.9 Å². The van der Waals surface area contributed by atoms with Gasteiger partial charge in [0.25, 0.3) is 0 Å². The Morgan fingerprint density at radius 1 is 1.00 bits per heavy atom. The first-order chi connectivity index (χ1) is 12.5. The Kier molecular flexibility index (Phi) is 5.21. The topological polar surface area (TPSA) is 74.5 Å². The van der Waals surface area contributed by atoms with Crippen molar-refractivity contribution in [1.82, 2.24) is 10.2 Å². The van der Waals surface area contributed by atoms with Gasteiger partial charge in [0.05, 0.1) is 0 Å². The molecule has 26 heavy (non-hydrogen) atoms. The van der Waals surface area contributed by atoms with Gasteiger partial charge >= 0.3 is 6.61 Å². The van der Waals surface area contributed by atoms with Gasteiger partial charge in [0.2, 0.25) is 18.1 Å². The molecule has 0 radical (unpaired) electrons. The van der Waals surface area contributed by atoms with Crippen molar-refractivity contribution in [3.05, 3.63) is 60.5 Å². The third-order valence-electron chi connectivity index (χ3n) is 3.51. The van der Waals surface area contributed by atoms with Gasteiger partial charge in [-0.05, 0) is 55.5 Å². The van der Waals surface area contributed by atoms with Crippen molar-refractivity contribution in [2.24, 2.45) is 0 Å². The molecule has 0 spiro atoms. The maximum absolute atomic E-state index is 12.4. The predicted molar refractivity (Wildman–Crippen MR) is 87.2 cm³/mol. The van der Waals surface area contributed by atoms with Gasteiger partial charge in [0.15, 0.2) is 6.10 Å². The molecular weight excluding hydrogens is 346 g/mol. The highest BCUT2D eigenvalue weighted by Crippen LogP contribution is 2.22. The first-order valence-electron chi connectivity index (χ1n) is 7.65. The van der Waals surface area contributed by atoms with Crippen molar-refractivity contribution >= 4 is 5.78 Å². The van der Waals surface area contributed by atoms with E-state index in [1.165, 1.54) is 30.7 Å². The highest BCUT2D eigenvalue weighted by Gasteiger charge is 2.17. The number of nitrogens with zero attached hydrogens (tertiary/aromatic N) is 2. The summed E-state index contributed by atoms with van der Waals surface area (Å²) in [4.78, 5) is 12.4. The Labute approximate surface area is 147 Å². The van der Waals surface area contributed by atoms with Crippen molar-refractivity contribution < 1.29 is 27.5 Å². The van der Waals surface area contributed by atoms with E-state index in [9.17, 15) is 13.6 Å². The van der Waals surface area contributed by atoms with Gasteiger partial charge in [-0.3, -0.25) is 4.79 Å². The normalized spacial score (nSPS) is 12.0. The minimum absolute atomic E-state index is 0.0123. The molecule has 2 aromatic carbocycles. The minimum atomic E-state index is -2.91. The number of ether oxygens (including phenoxy) is 2. The van der Waals surface area contributed by atoms with Crippen molar-refractivity contribution in [3.63, 3.8) is 0 Å². The SMILES string of the molecule is C[C@@H](Oc1ccc(-c2nnco2)cc1)C(=O)c1ccc(OC(F)F)cc1. The lowest BCUT2D eigenvalue weighted by Gasteiger charge is -2.14. The molecule has 134 valence electrons. The van der Waals surface area contributed by atoms with Gasteiger partial charge < -0.3 is 13.9 Å². The van der Waals surface area contributed by atoms with E-state index in [1.54, 1.807) is 31.2 Å². The van der Waals surface area contributed by atoms with Crippen LogP contribution in [0, 0.1) is 0 Å². The van der Waals surface area contributed by atoms with Crippen LogP contribution < -0.4 is 9.47 Å². The maximum Gasteiger partial charge on any atom is 0.387 e. The average Bonchev–Trinajstić information content (AvgIpc) is 3.16. The summed E-state index contributed by atoms with van der Waals surface area (Å²) in [5.41, 5.74) is 1.06. The lowest BCUT2D eigenvalue weighted by molar-refractivity contribution is -0.0498. The van der Waals surface area contributed by atoms with Crippen molar-refractivity contribution in [2.45, 2.75) is 19.6 Å². The number of rotatable bonds is 7. The molecule has 3 aromatic rings. The summed E-state index contributed by atoms with van der Waals surface area (Å²) in [6, 6.07) is 12.3. The summed E-state index contributed by atoms with van der Waals surface area (Å²) < 4.78 is 39.3. The fraction of sp³-hybridized carbons (Fsp3) is 0.167. The van der Waals surface area contributed by atoms with Crippen molar-refractivity contribution in [1.29, 1.82) is 0 Å². The lowest BCUT2D eigenvalue weighted by Crippen LogP contribution is -2.23. The molecule has 1 aromatic heterocycles. The molecule has 1 heterocycles. The predicted octanol–water partition coefficient (Wildman–Crippen LogP) is 3.99. The number of alkyl halides is 2. The number of hydrogen-bond donors (Lipinski definition) is 0. The smallest absolute Gasteiger partial charge is 0.387 e. The number of ketones is 1. The molecule has 1 atom stereocenters. The van der Waals surface area contributed by atoms with E-state index in [-0.39, 0.29) is 11.5 Å². The molecule has 6 nitrogen and oxygen atoms in total. The number of benzene rings is 2. The van der Waals surface area contributed by atoms with Crippen LogP contribution in [0.2, 0.25) is 0 Å². The van der Waals surface area contributed by atoms with Gasteiger partial charge in [-0.1, -0.05) is 0 Å². The first kappa shape index (κ1) is 17.5. The van der Waals surface area contributed by atoms with E-state index in [0.29, 0.717) is 17.2 Å². The van der Waals surface area contributed by atoms with Crippen LogP contribution >= 0.6 is 0 Å². The number of carbonyl (C=O) groups is 1. The number of hydrogen-bond acceptors (Lipinski definition) is 6. The van der Waals surface area contributed by atoms with Crippen LogP contribution in [-0.4, -0.2) is 28.7 Å². The van der Waals surface area contributed by atoms with E-state index in [4.69, 9.17) is 9.15 Å². The summed E-state index contributed by atoms with van der Waals surface area (Å²) in [5.74, 6) is 0.579. The first-order valence-corrected chi connectivity index (χ1v) is 7.65. The number of halogens is 2. The molecule has 3 rings (SSSR count). The summed E-state index contributed by atoms with van der Waals surface area (Å²) >= 11 is 0. The molecular formula is C18H14F2N2O4. The zero-order valence-corrected chi connectivity index (χ0v) is 13.6. The van der Waals surface area contributed by atoms with Crippen LogP contribution in [-0.2, 0) is 0 Å². The summed E-state index contributed by atoms with van der Waals surface area (Å²) in [6.07, 6.45) is 0.476. The molecule has 0 aliphatic carbocycles. The number of carbonyl (C=O) groups excluding carboxylic acids is 1. The van der Waals surface area contributed by atoms with E-state index >= 15 is 0 Å².